The first-order chi connectivity index (χ1) is 8.52. The van der Waals surface area contributed by atoms with Crippen LogP contribution in [0.25, 0.3) is 0 Å². The van der Waals surface area contributed by atoms with E-state index in [1.807, 2.05) is 0 Å². The summed E-state index contributed by atoms with van der Waals surface area (Å²) in [5, 5.41) is 1.60. The van der Waals surface area contributed by atoms with Gasteiger partial charge in [-0.05, 0) is 49.8 Å². The summed E-state index contributed by atoms with van der Waals surface area (Å²) in [5.41, 5.74) is 5.15. The smallest absolute Gasteiger partial charge is 0.00990 e. The molecule has 0 fully saturated rings. The lowest BCUT2D eigenvalue weighted by Crippen LogP contribution is -2.24. The number of hydrogen-bond acceptors (Lipinski definition) is 0. The van der Waals surface area contributed by atoms with Gasteiger partial charge >= 0.3 is 0 Å². The zero-order valence-electron chi connectivity index (χ0n) is 12.1. The molecule has 0 bridgehead atoms. The Morgan fingerprint density at radius 3 is 2.22 bits per heavy atom. The molecule has 0 heterocycles. The van der Waals surface area contributed by atoms with Gasteiger partial charge in [0.1, 0.15) is 0 Å². The topological polar surface area (TPSA) is 0 Å². The summed E-state index contributed by atoms with van der Waals surface area (Å²) >= 11 is 0. The second-order valence-electron chi connectivity index (χ2n) is 5.45. The van der Waals surface area contributed by atoms with E-state index in [1.165, 1.54) is 11.1 Å². The van der Waals surface area contributed by atoms with Crippen LogP contribution in [0.15, 0.2) is 42.0 Å². The molecule has 0 saturated carbocycles. The van der Waals surface area contributed by atoms with Crippen molar-refractivity contribution in [3.8, 4) is 0 Å². The van der Waals surface area contributed by atoms with Gasteiger partial charge in [-0.15, -0.1) is 0 Å². The number of rotatable bonds is 2. The van der Waals surface area contributed by atoms with Gasteiger partial charge < -0.3 is 0 Å². The van der Waals surface area contributed by atoms with Crippen molar-refractivity contribution >= 4 is 13.2 Å². The highest BCUT2D eigenvalue weighted by Gasteiger charge is 2.27. The molecular weight excluding hydrogens is 235 g/mol. The third-order valence-electron chi connectivity index (χ3n) is 3.95. The molecule has 0 spiro atoms. The predicted octanol–water partition coefficient (Wildman–Crippen LogP) is 4.56. The molecule has 3 unspecified atom stereocenters. The van der Waals surface area contributed by atoms with Crippen molar-refractivity contribution in [2.24, 2.45) is 5.92 Å². The lowest BCUT2D eigenvalue weighted by Gasteiger charge is -2.33. The van der Waals surface area contributed by atoms with Crippen LogP contribution in [0.1, 0.15) is 25.0 Å². The van der Waals surface area contributed by atoms with Crippen molar-refractivity contribution in [3.63, 3.8) is 0 Å². The fourth-order valence-electron chi connectivity index (χ4n) is 3.16. The molecule has 1 aliphatic carbocycles. The Morgan fingerprint density at radius 1 is 1.06 bits per heavy atom. The minimum atomic E-state index is -0.134. The zero-order chi connectivity index (χ0) is 13.3. The molecule has 0 radical (unpaired) electrons. The van der Waals surface area contributed by atoms with Gasteiger partial charge in [0.25, 0.3) is 0 Å². The van der Waals surface area contributed by atoms with Crippen molar-refractivity contribution in [2.45, 2.75) is 33.4 Å². The Bertz CT molecular complexity index is 476. The van der Waals surface area contributed by atoms with Crippen molar-refractivity contribution in [3.05, 3.63) is 53.1 Å². The summed E-state index contributed by atoms with van der Waals surface area (Å²) < 4.78 is 0. The van der Waals surface area contributed by atoms with E-state index < -0.39 is 0 Å². The number of allylic oxidation sites excluding steroid dienone is 4. The van der Waals surface area contributed by atoms with E-state index in [9.17, 15) is 0 Å². The van der Waals surface area contributed by atoms with Crippen LogP contribution in [-0.2, 0) is 0 Å². The number of aryl methyl sites for hydroxylation is 2. The minimum Gasteiger partial charge on any atom is -0.0807 e. The van der Waals surface area contributed by atoms with E-state index in [0.717, 1.165) is 0 Å². The summed E-state index contributed by atoms with van der Waals surface area (Å²) in [6.07, 6.45) is 6.85. The summed E-state index contributed by atoms with van der Waals surface area (Å²) in [7, 11) is -0.134. The Labute approximate surface area is 113 Å². The third kappa shape index (κ3) is 2.45. The quantitative estimate of drug-likeness (QED) is 0.682. The molecule has 0 aliphatic heterocycles. The van der Waals surface area contributed by atoms with Gasteiger partial charge in [-0.1, -0.05) is 56.8 Å². The van der Waals surface area contributed by atoms with Crippen molar-refractivity contribution < 1.29 is 0 Å². The second-order valence-corrected chi connectivity index (χ2v) is 7.68. The average molecular weight is 258 g/mol. The fraction of sp³-hybridized carbons (Fsp3) is 0.412. The summed E-state index contributed by atoms with van der Waals surface area (Å²) in [6, 6.07) is 6.68. The standard InChI is InChI=1S/C17H23P/c1-12-8-6-9-13(2)16(12)18(5)17-14(3)10-7-11-15(17)4/h6-12,16H,1-5H3. The van der Waals surface area contributed by atoms with Gasteiger partial charge in [0, 0.05) is 5.66 Å². The minimum absolute atomic E-state index is 0.134. The van der Waals surface area contributed by atoms with Gasteiger partial charge in [0.05, 0.1) is 0 Å². The molecular formula is C17H23P. The third-order valence-corrected chi connectivity index (χ3v) is 7.07. The van der Waals surface area contributed by atoms with Crippen LogP contribution in [0.3, 0.4) is 0 Å². The normalized spacial score (nSPS) is 24.8. The monoisotopic (exact) mass is 258 g/mol. The van der Waals surface area contributed by atoms with Crippen molar-refractivity contribution in [1.82, 2.24) is 0 Å². The molecule has 1 aromatic carbocycles. The first-order valence-electron chi connectivity index (χ1n) is 6.66. The van der Waals surface area contributed by atoms with E-state index in [1.54, 1.807) is 10.9 Å². The molecule has 18 heavy (non-hydrogen) atoms. The van der Waals surface area contributed by atoms with E-state index in [2.05, 4.69) is 70.8 Å². The molecule has 0 nitrogen and oxygen atoms in total. The van der Waals surface area contributed by atoms with E-state index in [0.29, 0.717) is 11.6 Å². The Kier molecular flexibility index (Phi) is 4.07. The molecule has 2 rings (SSSR count). The van der Waals surface area contributed by atoms with Gasteiger partial charge in [-0.25, -0.2) is 0 Å². The van der Waals surface area contributed by atoms with Crippen LogP contribution >= 0.6 is 7.92 Å². The fourth-order valence-corrected chi connectivity index (χ4v) is 6.20. The maximum absolute atomic E-state index is 2.45. The maximum atomic E-state index is 2.45. The number of benzene rings is 1. The van der Waals surface area contributed by atoms with Gasteiger partial charge in [-0.2, -0.15) is 0 Å². The largest absolute Gasteiger partial charge is 0.0807 e. The van der Waals surface area contributed by atoms with Crippen LogP contribution in [0.2, 0.25) is 0 Å². The van der Waals surface area contributed by atoms with Crippen LogP contribution < -0.4 is 5.30 Å². The Hall–Kier alpha value is -0.870. The number of hydrogen-bond donors (Lipinski definition) is 0. The van der Waals surface area contributed by atoms with Crippen LogP contribution in [0.4, 0.5) is 0 Å². The zero-order valence-corrected chi connectivity index (χ0v) is 13.0. The van der Waals surface area contributed by atoms with Crippen LogP contribution in [-0.4, -0.2) is 12.3 Å². The second kappa shape index (κ2) is 5.41. The molecule has 1 aliphatic rings. The summed E-state index contributed by atoms with van der Waals surface area (Å²) in [5.74, 6) is 0.658. The van der Waals surface area contributed by atoms with Crippen LogP contribution in [0.5, 0.6) is 0 Å². The highest BCUT2D eigenvalue weighted by atomic mass is 31.1. The molecule has 0 amide bonds. The average Bonchev–Trinajstić information content (AvgIpc) is 2.28. The van der Waals surface area contributed by atoms with E-state index in [-0.39, 0.29) is 7.92 Å². The Balaban J connectivity index is 2.40. The van der Waals surface area contributed by atoms with Crippen LogP contribution in [0, 0.1) is 19.8 Å². The van der Waals surface area contributed by atoms with Gasteiger partial charge in [-0.3, -0.25) is 0 Å². The van der Waals surface area contributed by atoms with Gasteiger partial charge in [0.15, 0.2) is 0 Å². The highest BCUT2D eigenvalue weighted by molar-refractivity contribution is 7.66. The van der Waals surface area contributed by atoms with Crippen molar-refractivity contribution in [2.75, 3.05) is 6.66 Å². The van der Waals surface area contributed by atoms with E-state index >= 15 is 0 Å². The summed E-state index contributed by atoms with van der Waals surface area (Å²) in [4.78, 5) is 0. The first-order valence-corrected chi connectivity index (χ1v) is 8.52. The maximum Gasteiger partial charge on any atom is 0.00990 e. The molecule has 3 atom stereocenters. The molecule has 0 N–H and O–H groups in total. The molecule has 1 aromatic rings. The summed E-state index contributed by atoms with van der Waals surface area (Å²) in [6.45, 7) is 11.6. The van der Waals surface area contributed by atoms with E-state index in [4.69, 9.17) is 0 Å². The van der Waals surface area contributed by atoms with Gasteiger partial charge in [0.2, 0.25) is 0 Å². The SMILES string of the molecule is CC1=CC=CC(C)C1P(C)c1c(C)cccc1C. The molecule has 0 aromatic heterocycles. The molecule has 96 valence electrons. The lowest BCUT2D eigenvalue weighted by atomic mass is 9.96. The first kappa shape index (κ1) is 13.6. The molecule has 1 heteroatoms. The predicted molar refractivity (Wildman–Crippen MR) is 84.2 cm³/mol. The molecule has 0 saturated heterocycles. The highest BCUT2D eigenvalue weighted by Crippen LogP contribution is 2.47. The Morgan fingerprint density at radius 2 is 1.67 bits per heavy atom. The van der Waals surface area contributed by atoms with Crippen molar-refractivity contribution in [1.29, 1.82) is 0 Å². The lowest BCUT2D eigenvalue weighted by molar-refractivity contribution is 0.718.